The Balaban J connectivity index is 1.58. The maximum absolute atomic E-state index is 14.6. The zero-order valence-electron chi connectivity index (χ0n) is 18.1. The highest BCUT2D eigenvalue weighted by Gasteiger charge is 2.14. The van der Waals surface area contributed by atoms with Gasteiger partial charge in [0, 0.05) is 6.07 Å². The second-order valence-electron chi connectivity index (χ2n) is 7.61. The number of carboxylic acids is 1. The third kappa shape index (κ3) is 4.93. The van der Waals surface area contributed by atoms with Crippen LogP contribution in [0.4, 0.5) is 10.1 Å². The lowest BCUT2D eigenvalue weighted by Gasteiger charge is -2.10. The largest absolute Gasteiger partial charge is 0.497 e. The molecule has 0 aliphatic carbocycles. The molecule has 0 bridgehead atoms. The van der Waals surface area contributed by atoms with Crippen molar-refractivity contribution >= 4 is 28.5 Å². The Morgan fingerprint density at radius 3 is 2.56 bits per heavy atom. The fourth-order valence-electron chi connectivity index (χ4n) is 3.50. The van der Waals surface area contributed by atoms with Gasteiger partial charge in [-0.3, -0.25) is 14.2 Å². The first-order valence-electron chi connectivity index (χ1n) is 10.3. The molecule has 0 radical (unpaired) electrons. The minimum Gasteiger partial charge on any atom is -0.497 e. The number of carboxylic acid groups (broad SMARTS) is 1. The van der Waals surface area contributed by atoms with Crippen molar-refractivity contribution < 1.29 is 23.8 Å². The summed E-state index contributed by atoms with van der Waals surface area (Å²) in [5.41, 5.74) is 1.14. The van der Waals surface area contributed by atoms with Crippen LogP contribution in [0, 0.1) is 5.82 Å². The van der Waals surface area contributed by atoms with Crippen molar-refractivity contribution in [3.8, 4) is 5.75 Å². The van der Waals surface area contributed by atoms with Gasteiger partial charge in [0.25, 0.3) is 5.56 Å². The summed E-state index contributed by atoms with van der Waals surface area (Å²) >= 11 is 0. The lowest BCUT2D eigenvalue weighted by molar-refractivity contribution is -0.115. The van der Waals surface area contributed by atoms with E-state index >= 15 is 0 Å². The average molecular weight is 461 g/mol. The van der Waals surface area contributed by atoms with E-state index in [4.69, 9.17) is 9.84 Å². The van der Waals surface area contributed by atoms with E-state index in [2.05, 4.69) is 10.3 Å². The molecule has 4 rings (SSSR count). The molecule has 0 aliphatic rings. The van der Waals surface area contributed by atoms with Crippen molar-refractivity contribution in [3.05, 3.63) is 99.9 Å². The van der Waals surface area contributed by atoms with Gasteiger partial charge in [-0.05, 0) is 41.5 Å². The normalized spacial score (nSPS) is 10.8. The summed E-state index contributed by atoms with van der Waals surface area (Å²) < 4.78 is 21.1. The van der Waals surface area contributed by atoms with E-state index in [0.717, 1.165) is 6.07 Å². The van der Waals surface area contributed by atoms with Crippen molar-refractivity contribution in [2.45, 2.75) is 13.0 Å². The summed E-state index contributed by atoms with van der Waals surface area (Å²) in [4.78, 5) is 40.6. The fraction of sp³-hybridized carbons (Fsp3) is 0.120. The smallest absolute Gasteiger partial charge is 0.335 e. The van der Waals surface area contributed by atoms with Crippen LogP contribution in [-0.2, 0) is 17.8 Å². The van der Waals surface area contributed by atoms with Crippen molar-refractivity contribution in [2.24, 2.45) is 0 Å². The molecule has 1 aromatic heterocycles. The van der Waals surface area contributed by atoms with Crippen LogP contribution in [0.3, 0.4) is 0 Å². The van der Waals surface area contributed by atoms with Crippen molar-refractivity contribution in [2.75, 3.05) is 12.4 Å². The number of hydrogen-bond acceptors (Lipinski definition) is 5. The van der Waals surface area contributed by atoms with Gasteiger partial charge in [0.2, 0.25) is 5.91 Å². The number of anilines is 1. The van der Waals surface area contributed by atoms with Crippen LogP contribution in [0.25, 0.3) is 10.9 Å². The molecular formula is C25H20FN3O5. The Bertz CT molecular complexity index is 1450. The number of carbonyl (C=O) groups excluding carboxylic acids is 1. The van der Waals surface area contributed by atoms with Crippen molar-refractivity contribution in [3.63, 3.8) is 0 Å². The van der Waals surface area contributed by atoms with Gasteiger partial charge in [-0.2, -0.15) is 0 Å². The first-order valence-corrected chi connectivity index (χ1v) is 10.3. The zero-order chi connectivity index (χ0) is 24.2. The number of fused-ring (bicyclic) bond motifs is 1. The van der Waals surface area contributed by atoms with E-state index in [1.54, 1.807) is 36.4 Å². The molecule has 4 aromatic rings. The number of aromatic nitrogens is 2. The second kappa shape index (κ2) is 9.53. The third-order valence-corrected chi connectivity index (χ3v) is 5.24. The van der Waals surface area contributed by atoms with E-state index < -0.39 is 23.3 Å². The number of rotatable bonds is 7. The molecule has 8 nitrogen and oxygen atoms in total. The number of benzene rings is 3. The van der Waals surface area contributed by atoms with Crippen LogP contribution >= 0.6 is 0 Å². The topological polar surface area (TPSA) is 111 Å². The molecule has 3 aromatic carbocycles. The lowest BCUT2D eigenvalue weighted by atomic mass is 10.1. The van der Waals surface area contributed by atoms with Crippen LogP contribution in [0.1, 0.15) is 21.5 Å². The van der Waals surface area contributed by atoms with Crippen LogP contribution in [0.2, 0.25) is 0 Å². The second-order valence-corrected chi connectivity index (χ2v) is 7.61. The molecule has 0 fully saturated rings. The molecule has 0 spiro atoms. The summed E-state index contributed by atoms with van der Waals surface area (Å²) in [6, 6.07) is 15.4. The molecule has 2 N–H and O–H groups in total. The number of halogens is 1. The van der Waals surface area contributed by atoms with E-state index in [-0.39, 0.29) is 35.1 Å². The maximum atomic E-state index is 14.6. The number of amides is 1. The molecule has 0 saturated heterocycles. The molecular weight excluding hydrogens is 441 g/mol. The monoisotopic (exact) mass is 461 g/mol. The van der Waals surface area contributed by atoms with Gasteiger partial charge in [0.1, 0.15) is 11.6 Å². The van der Waals surface area contributed by atoms with Gasteiger partial charge in [-0.1, -0.05) is 24.3 Å². The van der Waals surface area contributed by atoms with E-state index in [1.165, 1.54) is 36.2 Å². The Morgan fingerprint density at radius 2 is 1.85 bits per heavy atom. The predicted octanol–water partition coefficient (Wildman–Crippen LogP) is 3.47. The Hall–Kier alpha value is -4.53. The number of methoxy groups -OCH3 is 1. The van der Waals surface area contributed by atoms with Gasteiger partial charge in [0.15, 0.2) is 0 Å². The summed E-state index contributed by atoms with van der Waals surface area (Å²) in [5.74, 6) is -1.60. The molecule has 0 unspecified atom stereocenters. The summed E-state index contributed by atoms with van der Waals surface area (Å²) in [5, 5.41) is 11.7. The number of nitrogens with one attached hydrogen (secondary N) is 1. The highest BCUT2D eigenvalue weighted by Crippen LogP contribution is 2.21. The van der Waals surface area contributed by atoms with Gasteiger partial charge in [-0.15, -0.1) is 0 Å². The Morgan fingerprint density at radius 1 is 1.09 bits per heavy atom. The summed E-state index contributed by atoms with van der Waals surface area (Å²) in [6.07, 6.45) is 1.30. The number of hydrogen-bond donors (Lipinski definition) is 2. The molecule has 0 atom stereocenters. The van der Waals surface area contributed by atoms with Crippen LogP contribution in [-0.4, -0.2) is 33.6 Å². The first kappa shape index (κ1) is 22.7. The Labute approximate surface area is 193 Å². The van der Waals surface area contributed by atoms with E-state index in [1.807, 2.05) is 0 Å². The highest BCUT2D eigenvalue weighted by molar-refractivity contribution is 5.95. The minimum atomic E-state index is -1.04. The van der Waals surface area contributed by atoms with Gasteiger partial charge in [0.05, 0.1) is 48.6 Å². The first-order chi connectivity index (χ1) is 16.3. The van der Waals surface area contributed by atoms with Crippen LogP contribution in [0.15, 0.2) is 71.8 Å². The molecule has 1 heterocycles. The lowest BCUT2D eigenvalue weighted by Crippen LogP contribution is -2.22. The van der Waals surface area contributed by atoms with Gasteiger partial charge in [-0.25, -0.2) is 14.2 Å². The summed E-state index contributed by atoms with van der Waals surface area (Å²) in [6.45, 7) is 0.149. The number of carbonyl (C=O) groups is 2. The zero-order valence-corrected chi connectivity index (χ0v) is 18.1. The highest BCUT2D eigenvalue weighted by atomic mass is 19.1. The molecule has 0 saturated carbocycles. The van der Waals surface area contributed by atoms with Crippen molar-refractivity contribution in [1.29, 1.82) is 0 Å². The average Bonchev–Trinajstić information content (AvgIpc) is 2.82. The number of nitrogens with zero attached hydrogens (tertiary/aromatic N) is 2. The third-order valence-electron chi connectivity index (χ3n) is 5.24. The maximum Gasteiger partial charge on any atom is 0.335 e. The molecule has 172 valence electrons. The van der Waals surface area contributed by atoms with E-state index in [0.29, 0.717) is 16.9 Å². The standard InChI is InChI=1S/C25H20FN3O5/c1-34-18-4-2-3-16(9-18)10-23(30)28-22-11-19-21(12-20(22)26)27-14-29(24(19)31)13-15-5-7-17(8-6-15)25(32)33/h2-9,11-12,14H,10,13H2,1H3,(H,28,30)(H,32,33). The van der Waals surface area contributed by atoms with Gasteiger partial charge >= 0.3 is 5.97 Å². The van der Waals surface area contributed by atoms with Crippen molar-refractivity contribution in [1.82, 2.24) is 9.55 Å². The SMILES string of the molecule is COc1cccc(CC(=O)Nc2cc3c(=O)n(Cc4ccc(C(=O)O)cc4)cnc3cc2F)c1. The van der Waals surface area contributed by atoms with Crippen LogP contribution < -0.4 is 15.6 Å². The van der Waals surface area contributed by atoms with Crippen LogP contribution in [0.5, 0.6) is 5.75 Å². The molecule has 34 heavy (non-hydrogen) atoms. The van der Waals surface area contributed by atoms with E-state index in [9.17, 15) is 18.8 Å². The summed E-state index contributed by atoms with van der Waals surface area (Å²) in [7, 11) is 1.52. The molecule has 1 amide bonds. The minimum absolute atomic E-state index is 0.00170. The fourth-order valence-corrected chi connectivity index (χ4v) is 3.50. The molecule has 9 heteroatoms. The number of ether oxygens (including phenoxy) is 1. The quantitative estimate of drug-likeness (QED) is 0.436. The molecule has 0 aliphatic heterocycles. The Kier molecular flexibility index (Phi) is 6.35. The predicted molar refractivity (Wildman–Crippen MR) is 124 cm³/mol. The number of aromatic carboxylic acids is 1. The van der Waals surface area contributed by atoms with Gasteiger partial charge < -0.3 is 15.2 Å².